The third kappa shape index (κ3) is 2.96. The van der Waals surface area contributed by atoms with Crippen LogP contribution in [0.4, 0.5) is 16.1 Å². The first-order chi connectivity index (χ1) is 12.7. The standard InChI is InChI=1S/C20H18BrFN2O2/c21-12-8-15-14(11-3-4-11)2-1-7-25-19(15)17(9-12)24-20-23-16-10-13(22)5-6-18(16)26-20/h5-6,8-11,14H,1-4,7H2,(H,23,24). The lowest BCUT2D eigenvalue weighted by Crippen LogP contribution is -2.03. The molecule has 1 aromatic heterocycles. The van der Waals surface area contributed by atoms with Gasteiger partial charge in [-0.3, -0.25) is 0 Å². The Morgan fingerprint density at radius 2 is 2.04 bits per heavy atom. The molecule has 1 atom stereocenters. The summed E-state index contributed by atoms with van der Waals surface area (Å²) in [6, 6.07) is 8.81. The number of ether oxygens (including phenoxy) is 1. The van der Waals surface area contributed by atoms with E-state index in [0.717, 1.165) is 34.7 Å². The Morgan fingerprint density at radius 3 is 2.88 bits per heavy atom. The van der Waals surface area contributed by atoms with Crippen molar-refractivity contribution >= 4 is 38.7 Å². The maximum Gasteiger partial charge on any atom is 0.300 e. The van der Waals surface area contributed by atoms with Crippen LogP contribution < -0.4 is 10.1 Å². The molecule has 1 aliphatic carbocycles. The van der Waals surface area contributed by atoms with E-state index in [1.807, 2.05) is 6.07 Å². The molecule has 0 saturated heterocycles. The van der Waals surface area contributed by atoms with Crippen LogP contribution in [0.3, 0.4) is 0 Å². The molecule has 0 radical (unpaired) electrons. The van der Waals surface area contributed by atoms with Gasteiger partial charge in [0.2, 0.25) is 0 Å². The predicted octanol–water partition coefficient (Wildman–Crippen LogP) is 6.14. The van der Waals surface area contributed by atoms with Crippen LogP contribution in [0.1, 0.15) is 37.2 Å². The zero-order valence-electron chi connectivity index (χ0n) is 14.1. The van der Waals surface area contributed by atoms with Crippen LogP contribution in [-0.4, -0.2) is 11.6 Å². The maximum atomic E-state index is 13.4. The molecule has 134 valence electrons. The Hall–Kier alpha value is -2.08. The summed E-state index contributed by atoms with van der Waals surface area (Å²) in [6.07, 6.45) is 4.83. The van der Waals surface area contributed by atoms with E-state index in [2.05, 4.69) is 32.3 Å². The first kappa shape index (κ1) is 16.1. The maximum absolute atomic E-state index is 13.4. The molecular formula is C20H18BrFN2O2. The number of hydrogen-bond donors (Lipinski definition) is 1. The molecule has 0 bridgehead atoms. The number of nitrogens with one attached hydrogen (secondary N) is 1. The molecule has 1 saturated carbocycles. The third-order valence-electron chi connectivity index (χ3n) is 5.17. The highest BCUT2D eigenvalue weighted by Gasteiger charge is 2.35. The minimum atomic E-state index is -0.329. The second-order valence-electron chi connectivity index (χ2n) is 7.06. The Kier molecular flexibility index (Phi) is 3.89. The van der Waals surface area contributed by atoms with Crippen molar-refractivity contribution in [1.82, 2.24) is 4.98 Å². The molecule has 1 N–H and O–H groups in total. The van der Waals surface area contributed by atoms with Gasteiger partial charge in [0, 0.05) is 16.1 Å². The summed E-state index contributed by atoms with van der Waals surface area (Å²) in [6.45, 7) is 0.714. The minimum absolute atomic E-state index is 0.329. The Labute approximate surface area is 158 Å². The molecule has 3 aromatic rings. The van der Waals surface area contributed by atoms with Crippen LogP contribution in [0.15, 0.2) is 39.2 Å². The van der Waals surface area contributed by atoms with Gasteiger partial charge in [-0.05, 0) is 61.8 Å². The molecule has 2 aromatic carbocycles. The fourth-order valence-corrected chi connectivity index (χ4v) is 4.31. The topological polar surface area (TPSA) is 47.3 Å². The summed E-state index contributed by atoms with van der Waals surface area (Å²) in [5, 5.41) is 3.23. The highest BCUT2D eigenvalue weighted by atomic mass is 79.9. The number of aromatic nitrogens is 1. The van der Waals surface area contributed by atoms with E-state index in [-0.39, 0.29) is 5.82 Å². The smallest absolute Gasteiger partial charge is 0.300 e. The molecule has 26 heavy (non-hydrogen) atoms. The number of fused-ring (bicyclic) bond motifs is 2. The molecule has 1 fully saturated rings. The van der Waals surface area contributed by atoms with Gasteiger partial charge in [-0.25, -0.2) is 4.39 Å². The van der Waals surface area contributed by atoms with Gasteiger partial charge in [0.15, 0.2) is 5.58 Å². The van der Waals surface area contributed by atoms with Crippen LogP contribution in [0, 0.1) is 11.7 Å². The van der Waals surface area contributed by atoms with E-state index in [4.69, 9.17) is 9.15 Å². The average molecular weight is 417 g/mol. The number of halogens is 2. The summed E-state index contributed by atoms with van der Waals surface area (Å²) in [7, 11) is 0. The van der Waals surface area contributed by atoms with E-state index in [0.29, 0.717) is 29.6 Å². The van der Waals surface area contributed by atoms with Gasteiger partial charge in [-0.15, -0.1) is 0 Å². The Bertz CT molecular complexity index is 983. The highest BCUT2D eigenvalue weighted by molar-refractivity contribution is 9.10. The quantitative estimate of drug-likeness (QED) is 0.556. The highest BCUT2D eigenvalue weighted by Crippen LogP contribution is 2.51. The minimum Gasteiger partial charge on any atom is -0.491 e. The van der Waals surface area contributed by atoms with Gasteiger partial charge in [0.1, 0.15) is 17.1 Å². The Balaban J connectivity index is 1.55. The summed E-state index contributed by atoms with van der Waals surface area (Å²) in [4.78, 5) is 4.35. The van der Waals surface area contributed by atoms with Crippen LogP contribution in [0.25, 0.3) is 11.1 Å². The zero-order valence-corrected chi connectivity index (χ0v) is 15.7. The van der Waals surface area contributed by atoms with Crippen molar-refractivity contribution in [3.63, 3.8) is 0 Å². The normalized spacial score (nSPS) is 19.7. The largest absolute Gasteiger partial charge is 0.491 e. The van der Waals surface area contributed by atoms with Crippen LogP contribution in [0.2, 0.25) is 0 Å². The van der Waals surface area contributed by atoms with Gasteiger partial charge in [-0.1, -0.05) is 15.9 Å². The summed E-state index contributed by atoms with van der Waals surface area (Å²) in [5.41, 5.74) is 3.12. The van der Waals surface area contributed by atoms with Crippen molar-refractivity contribution in [2.24, 2.45) is 5.92 Å². The van der Waals surface area contributed by atoms with Gasteiger partial charge in [0.05, 0.1) is 12.3 Å². The second-order valence-corrected chi connectivity index (χ2v) is 7.98. The van der Waals surface area contributed by atoms with Crippen LogP contribution >= 0.6 is 15.9 Å². The van der Waals surface area contributed by atoms with Crippen LogP contribution in [-0.2, 0) is 0 Å². The third-order valence-corrected chi connectivity index (χ3v) is 5.63. The molecule has 1 aliphatic heterocycles. The van der Waals surface area contributed by atoms with E-state index >= 15 is 0 Å². The number of nitrogens with zero attached hydrogens (tertiary/aromatic N) is 1. The van der Waals surface area contributed by atoms with Crippen molar-refractivity contribution in [3.8, 4) is 5.75 Å². The van der Waals surface area contributed by atoms with Crippen molar-refractivity contribution in [1.29, 1.82) is 0 Å². The van der Waals surface area contributed by atoms with Crippen molar-refractivity contribution in [3.05, 3.63) is 46.2 Å². The molecule has 0 spiro atoms. The Morgan fingerprint density at radius 1 is 1.15 bits per heavy atom. The fraction of sp³-hybridized carbons (Fsp3) is 0.350. The lowest BCUT2D eigenvalue weighted by atomic mass is 9.89. The van der Waals surface area contributed by atoms with E-state index in [1.165, 1.54) is 30.5 Å². The lowest BCUT2D eigenvalue weighted by Gasteiger charge is -2.19. The average Bonchev–Trinajstić information content (AvgIpc) is 3.38. The fourth-order valence-electron chi connectivity index (χ4n) is 3.83. The van der Waals surface area contributed by atoms with Crippen molar-refractivity contribution in [2.75, 3.05) is 11.9 Å². The second kappa shape index (κ2) is 6.27. The molecule has 0 amide bonds. The van der Waals surface area contributed by atoms with Crippen molar-refractivity contribution < 1.29 is 13.5 Å². The molecule has 2 heterocycles. The molecular weight excluding hydrogens is 399 g/mol. The molecule has 6 heteroatoms. The van der Waals surface area contributed by atoms with Gasteiger partial charge >= 0.3 is 0 Å². The molecule has 2 aliphatic rings. The molecule has 1 unspecified atom stereocenters. The van der Waals surface area contributed by atoms with E-state index in [1.54, 1.807) is 6.07 Å². The van der Waals surface area contributed by atoms with Crippen LogP contribution in [0.5, 0.6) is 5.75 Å². The summed E-state index contributed by atoms with van der Waals surface area (Å²) in [5.74, 6) is 1.87. The number of benzene rings is 2. The number of hydrogen-bond acceptors (Lipinski definition) is 4. The van der Waals surface area contributed by atoms with E-state index < -0.39 is 0 Å². The summed E-state index contributed by atoms with van der Waals surface area (Å²) < 4.78 is 26.2. The van der Waals surface area contributed by atoms with Crippen molar-refractivity contribution in [2.45, 2.75) is 31.6 Å². The van der Waals surface area contributed by atoms with Gasteiger partial charge < -0.3 is 14.5 Å². The SMILES string of the molecule is Fc1ccc2oc(Nc3cc(Br)cc4c3OCCCC4C3CC3)nc2c1. The number of anilines is 2. The number of rotatable bonds is 3. The zero-order chi connectivity index (χ0) is 17.7. The van der Waals surface area contributed by atoms with Gasteiger partial charge in [0.25, 0.3) is 6.01 Å². The molecule has 4 nitrogen and oxygen atoms in total. The van der Waals surface area contributed by atoms with Gasteiger partial charge in [-0.2, -0.15) is 4.98 Å². The number of oxazole rings is 1. The monoisotopic (exact) mass is 416 g/mol. The van der Waals surface area contributed by atoms with E-state index in [9.17, 15) is 4.39 Å². The summed E-state index contributed by atoms with van der Waals surface area (Å²) >= 11 is 3.63. The predicted molar refractivity (Wildman–Crippen MR) is 102 cm³/mol. The molecule has 5 rings (SSSR count). The lowest BCUT2D eigenvalue weighted by molar-refractivity contribution is 0.317. The first-order valence-electron chi connectivity index (χ1n) is 8.97. The first-order valence-corrected chi connectivity index (χ1v) is 9.76.